The van der Waals surface area contributed by atoms with E-state index < -0.39 is 0 Å². The summed E-state index contributed by atoms with van der Waals surface area (Å²) in [4.78, 5) is 2.58. The maximum absolute atomic E-state index is 9.57. The lowest BCUT2D eigenvalue weighted by Gasteiger charge is -2.23. The van der Waals surface area contributed by atoms with Gasteiger partial charge in [-0.05, 0) is 69.9 Å². The van der Waals surface area contributed by atoms with Crippen LogP contribution in [0.1, 0.15) is 51.1 Å². The molecule has 0 aliphatic carbocycles. The van der Waals surface area contributed by atoms with Gasteiger partial charge in [0.2, 0.25) is 0 Å². The van der Waals surface area contributed by atoms with Gasteiger partial charge in [0.1, 0.15) is 5.75 Å². The van der Waals surface area contributed by atoms with E-state index in [-0.39, 0.29) is 0 Å². The van der Waals surface area contributed by atoms with Crippen molar-refractivity contribution >= 4 is 0 Å². The van der Waals surface area contributed by atoms with E-state index in [0.29, 0.717) is 17.8 Å². The van der Waals surface area contributed by atoms with E-state index in [1.807, 2.05) is 12.1 Å². The first-order valence-corrected chi connectivity index (χ1v) is 7.96. The van der Waals surface area contributed by atoms with Crippen molar-refractivity contribution in [3.05, 3.63) is 29.8 Å². The highest BCUT2D eigenvalue weighted by Gasteiger charge is 2.18. The molecule has 1 aliphatic rings. The van der Waals surface area contributed by atoms with Gasteiger partial charge in [-0.25, -0.2) is 0 Å². The summed E-state index contributed by atoms with van der Waals surface area (Å²) in [7, 11) is 0. The minimum absolute atomic E-state index is 0.296. The predicted molar refractivity (Wildman–Crippen MR) is 84.0 cm³/mol. The Labute approximate surface area is 123 Å². The van der Waals surface area contributed by atoms with Crippen molar-refractivity contribution in [2.24, 2.45) is 0 Å². The molecule has 2 unspecified atom stereocenters. The fraction of sp³-hybridized carbons (Fsp3) is 0.647. The molecule has 0 saturated carbocycles. The normalized spacial score (nSPS) is 22.4. The summed E-state index contributed by atoms with van der Waals surface area (Å²) in [5, 5.41) is 13.3. The van der Waals surface area contributed by atoms with E-state index in [4.69, 9.17) is 0 Å². The minimum atomic E-state index is 0.296. The summed E-state index contributed by atoms with van der Waals surface area (Å²) >= 11 is 0. The van der Waals surface area contributed by atoms with Crippen LogP contribution in [0.2, 0.25) is 0 Å². The Morgan fingerprint density at radius 1 is 1.35 bits per heavy atom. The zero-order valence-corrected chi connectivity index (χ0v) is 12.8. The van der Waals surface area contributed by atoms with Crippen molar-refractivity contribution in [3.63, 3.8) is 0 Å². The molecule has 1 aromatic rings. The largest absolute Gasteiger partial charge is 0.508 e. The number of hydrogen-bond donors (Lipinski definition) is 2. The van der Waals surface area contributed by atoms with Crippen molar-refractivity contribution in [2.45, 2.75) is 51.6 Å². The molecule has 2 N–H and O–H groups in total. The second-order valence-corrected chi connectivity index (χ2v) is 5.95. The highest BCUT2D eigenvalue weighted by atomic mass is 16.3. The quantitative estimate of drug-likeness (QED) is 0.866. The van der Waals surface area contributed by atoms with Crippen LogP contribution >= 0.6 is 0 Å². The lowest BCUT2D eigenvalue weighted by molar-refractivity contribution is 0.281. The average Bonchev–Trinajstić information content (AvgIpc) is 2.65. The molecule has 1 heterocycles. The topological polar surface area (TPSA) is 35.5 Å². The smallest absolute Gasteiger partial charge is 0.115 e. The zero-order chi connectivity index (χ0) is 14.4. The number of aromatic hydroxyl groups is 1. The van der Waals surface area contributed by atoms with Gasteiger partial charge in [0.25, 0.3) is 0 Å². The van der Waals surface area contributed by atoms with Crippen LogP contribution in [0.25, 0.3) is 0 Å². The molecule has 1 aliphatic heterocycles. The number of hydrogen-bond acceptors (Lipinski definition) is 3. The molecule has 112 valence electrons. The molecule has 3 nitrogen and oxygen atoms in total. The van der Waals surface area contributed by atoms with E-state index in [2.05, 4.69) is 30.1 Å². The van der Waals surface area contributed by atoms with Gasteiger partial charge >= 0.3 is 0 Å². The lowest BCUT2D eigenvalue weighted by Crippen LogP contribution is -2.33. The monoisotopic (exact) mass is 276 g/mol. The molecule has 0 radical (unpaired) electrons. The Kier molecular flexibility index (Phi) is 5.86. The number of phenols is 1. The van der Waals surface area contributed by atoms with Crippen molar-refractivity contribution in [3.8, 4) is 5.75 Å². The molecular formula is C17H28N2O. The second kappa shape index (κ2) is 7.65. The molecule has 0 amide bonds. The third-order valence-electron chi connectivity index (χ3n) is 4.22. The summed E-state index contributed by atoms with van der Waals surface area (Å²) in [5.74, 6) is 0.353. The Morgan fingerprint density at radius 3 is 2.95 bits per heavy atom. The first-order valence-electron chi connectivity index (χ1n) is 7.96. The Balaban J connectivity index is 1.86. The molecule has 1 fully saturated rings. The number of phenolic OH excluding ortho intramolecular Hbond substituents is 1. The van der Waals surface area contributed by atoms with Crippen molar-refractivity contribution < 1.29 is 5.11 Å². The number of benzene rings is 1. The molecule has 2 rings (SSSR count). The number of rotatable bonds is 5. The van der Waals surface area contributed by atoms with E-state index in [1.165, 1.54) is 50.9 Å². The average molecular weight is 276 g/mol. The van der Waals surface area contributed by atoms with E-state index in [9.17, 15) is 5.11 Å². The lowest BCUT2D eigenvalue weighted by atomic mass is 10.0. The van der Waals surface area contributed by atoms with Crippen molar-refractivity contribution in [1.29, 1.82) is 0 Å². The summed E-state index contributed by atoms with van der Waals surface area (Å²) < 4.78 is 0. The van der Waals surface area contributed by atoms with Crippen LogP contribution in [0.3, 0.4) is 0 Å². The molecule has 1 aromatic carbocycles. The number of likely N-dealkylation sites (tertiary alicyclic amines) is 1. The fourth-order valence-corrected chi connectivity index (χ4v) is 3.11. The molecule has 0 bridgehead atoms. The van der Waals surface area contributed by atoms with Crippen LogP contribution in [-0.4, -0.2) is 35.7 Å². The van der Waals surface area contributed by atoms with E-state index in [0.717, 1.165) is 0 Å². The predicted octanol–water partition coefficient (Wildman–Crippen LogP) is 3.31. The molecule has 0 aromatic heterocycles. The Bertz CT molecular complexity index is 408. The van der Waals surface area contributed by atoms with Crippen molar-refractivity contribution in [2.75, 3.05) is 19.6 Å². The van der Waals surface area contributed by atoms with Gasteiger partial charge in [-0.1, -0.05) is 19.1 Å². The maximum atomic E-state index is 9.57. The van der Waals surface area contributed by atoms with Crippen LogP contribution in [0.5, 0.6) is 5.75 Å². The van der Waals surface area contributed by atoms with Gasteiger partial charge in [-0.15, -0.1) is 0 Å². The Hall–Kier alpha value is -1.06. The van der Waals surface area contributed by atoms with Gasteiger partial charge in [0.05, 0.1) is 0 Å². The van der Waals surface area contributed by atoms with Crippen LogP contribution in [-0.2, 0) is 0 Å². The molecule has 20 heavy (non-hydrogen) atoms. The molecule has 0 spiro atoms. The van der Waals surface area contributed by atoms with Gasteiger partial charge < -0.3 is 15.3 Å². The highest BCUT2D eigenvalue weighted by molar-refractivity contribution is 5.29. The van der Waals surface area contributed by atoms with Gasteiger partial charge in [-0.2, -0.15) is 0 Å². The fourth-order valence-electron chi connectivity index (χ4n) is 3.11. The summed E-state index contributed by atoms with van der Waals surface area (Å²) in [6.45, 7) is 8.12. The standard InChI is InChI=1S/C17H28N2O/c1-3-10-19-11-5-7-16(9-12-19)18-14(2)15-6-4-8-17(20)13-15/h4,6,8,13-14,16,18,20H,3,5,7,9-12H2,1-2H3. The Morgan fingerprint density at radius 2 is 2.20 bits per heavy atom. The van der Waals surface area contributed by atoms with Gasteiger partial charge in [-0.3, -0.25) is 0 Å². The van der Waals surface area contributed by atoms with Gasteiger partial charge in [0, 0.05) is 12.1 Å². The minimum Gasteiger partial charge on any atom is -0.508 e. The summed E-state index contributed by atoms with van der Waals surface area (Å²) in [6.07, 6.45) is 5.01. The van der Waals surface area contributed by atoms with E-state index in [1.54, 1.807) is 6.07 Å². The second-order valence-electron chi connectivity index (χ2n) is 5.95. The van der Waals surface area contributed by atoms with Crippen molar-refractivity contribution in [1.82, 2.24) is 10.2 Å². The number of nitrogens with one attached hydrogen (secondary N) is 1. The SMILES string of the molecule is CCCN1CCCC(NC(C)c2cccc(O)c2)CC1. The van der Waals surface area contributed by atoms with Crippen LogP contribution in [0, 0.1) is 0 Å². The first-order chi connectivity index (χ1) is 9.69. The highest BCUT2D eigenvalue weighted by Crippen LogP contribution is 2.20. The van der Waals surface area contributed by atoms with Crippen LogP contribution in [0.15, 0.2) is 24.3 Å². The first kappa shape index (κ1) is 15.3. The van der Waals surface area contributed by atoms with E-state index >= 15 is 0 Å². The van der Waals surface area contributed by atoms with Crippen LogP contribution < -0.4 is 5.32 Å². The maximum Gasteiger partial charge on any atom is 0.115 e. The molecule has 3 heteroatoms. The third kappa shape index (κ3) is 4.50. The molecular weight excluding hydrogens is 248 g/mol. The van der Waals surface area contributed by atoms with Gasteiger partial charge in [0.15, 0.2) is 0 Å². The third-order valence-corrected chi connectivity index (χ3v) is 4.22. The number of nitrogens with zero attached hydrogens (tertiary/aromatic N) is 1. The van der Waals surface area contributed by atoms with Crippen LogP contribution in [0.4, 0.5) is 0 Å². The molecule has 1 saturated heterocycles. The summed E-state index contributed by atoms with van der Waals surface area (Å²) in [6, 6.07) is 8.47. The summed E-state index contributed by atoms with van der Waals surface area (Å²) in [5.41, 5.74) is 1.17. The zero-order valence-electron chi connectivity index (χ0n) is 12.8. The molecule has 2 atom stereocenters.